The number of rotatable bonds is 3. The highest BCUT2D eigenvalue weighted by molar-refractivity contribution is 7.99. The van der Waals surface area contributed by atoms with Crippen LogP contribution in [0.2, 0.25) is 0 Å². The number of hydrogen-bond acceptors (Lipinski definition) is 7. The lowest BCUT2D eigenvalue weighted by molar-refractivity contribution is 0.265. The minimum absolute atomic E-state index is 0.165. The van der Waals surface area contributed by atoms with Crippen LogP contribution in [0.25, 0.3) is 10.9 Å². The van der Waals surface area contributed by atoms with Gasteiger partial charge in [-0.2, -0.15) is 0 Å². The summed E-state index contributed by atoms with van der Waals surface area (Å²) in [5.74, 6) is 1.70. The highest BCUT2D eigenvalue weighted by Crippen LogP contribution is 2.38. The maximum Gasteiger partial charge on any atom is 0.227 e. The van der Waals surface area contributed by atoms with Crippen LogP contribution in [0.5, 0.6) is 5.88 Å². The maximum absolute atomic E-state index is 14.9. The molecule has 8 heteroatoms. The number of aryl methyl sites for hydroxylation is 1. The molecule has 1 N–H and O–H groups in total. The molecule has 128 valence electrons. The first-order valence-electron chi connectivity index (χ1n) is 8.36. The molecule has 2 aliphatic rings. The van der Waals surface area contributed by atoms with Crippen molar-refractivity contribution >= 4 is 28.5 Å². The van der Waals surface area contributed by atoms with Crippen LogP contribution >= 0.6 is 11.8 Å². The molecule has 0 saturated carbocycles. The monoisotopic (exact) mass is 349 g/mol. The van der Waals surface area contributed by atoms with Gasteiger partial charge in [-0.05, 0) is 12.2 Å². The number of nitrogens with one attached hydrogen (secondary N) is 1. The van der Waals surface area contributed by atoms with Gasteiger partial charge in [-0.3, -0.25) is 0 Å². The maximum atomic E-state index is 14.9. The Morgan fingerprint density at radius 1 is 1.33 bits per heavy atom. The fourth-order valence-corrected chi connectivity index (χ4v) is 3.82. The van der Waals surface area contributed by atoms with Gasteiger partial charge in [-0.15, -0.1) is 0 Å². The lowest BCUT2D eigenvalue weighted by atomic mass is 10.1. The summed E-state index contributed by atoms with van der Waals surface area (Å²) >= 11 is 1.53. The number of piperazine rings is 1. The van der Waals surface area contributed by atoms with Crippen molar-refractivity contribution in [3.8, 4) is 5.88 Å². The molecule has 4 rings (SSSR count). The normalized spacial score (nSPS) is 19.8. The molecule has 6 nitrogen and oxygen atoms in total. The Hall–Kier alpha value is -1.67. The smallest absolute Gasteiger partial charge is 0.227 e. The van der Waals surface area contributed by atoms with Crippen molar-refractivity contribution in [2.75, 3.05) is 36.9 Å². The predicted octanol–water partition coefficient (Wildman–Crippen LogP) is 2.01. The summed E-state index contributed by atoms with van der Waals surface area (Å²) in [5, 5.41) is 4.59. The molecule has 2 aromatic rings. The van der Waals surface area contributed by atoms with Gasteiger partial charge in [0.05, 0.1) is 11.7 Å². The number of anilines is 1. The second kappa shape index (κ2) is 6.33. The molecule has 1 atom stereocenters. The van der Waals surface area contributed by atoms with Crippen molar-refractivity contribution in [1.29, 1.82) is 0 Å². The summed E-state index contributed by atoms with van der Waals surface area (Å²) < 4.78 is 20.9. The summed E-state index contributed by atoms with van der Waals surface area (Å²) in [6, 6.07) is 0.165. The lowest BCUT2D eigenvalue weighted by Gasteiger charge is -2.35. The van der Waals surface area contributed by atoms with Crippen LogP contribution in [-0.2, 0) is 6.42 Å². The van der Waals surface area contributed by atoms with E-state index in [9.17, 15) is 4.39 Å². The molecular formula is C16H20FN5OS. The van der Waals surface area contributed by atoms with E-state index in [1.807, 2.05) is 13.8 Å². The van der Waals surface area contributed by atoms with Crippen molar-refractivity contribution < 1.29 is 9.13 Å². The van der Waals surface area contributed by atoms with Crippen molar-refractivity contribution in [2.45, 2.75) is 31.5 Å². The van der Waals surface area contributed by atoms with Crippen molar-refractivity contribution in [1.82, 2.24) is 20.3 Å². The van der Waals surface area contributed by atoms with E-state index < -0.39 is 0 Å². The van der Waals surface area contributed by atoms with Gasteiger partial charge in [-0.25, -0.2) is 19.3 Å². The molecular weight excluding hydrogens is 329 g/mol. The Kier molecular flexibility index (Phi) is 4.17. The van der Waals surface area contributed by atoms with E-state index in [0.29, 0.717) is 40.7 Å². The van der Waals surface area contributed by atoms with E-state index in [1.54, 1.807) is 0 Å². The molecule has 0 amide bonds. The van der Waals surface area contributed by atoms with E-state index in [1.165, 1.54) is 11.8 Å². The standard InChI is InChI=1S/C16H20FN5OS/c1-3-10-12(17)13-11-14(21-16(20-13)24-4-2)22-6-5-18-7-9(22)8-23-15(11)19-10/h9,18H,3-8H2,1-2H3. The number of halogens is 1. The molecule has 2 aromatic heterocycles. The predicted molar refractivity (Wildman–Crippen MR) is 92.6 cm³/mol. The summed E-state index contributed by atoms with van der Waals surface area (Å²) in [5.41, 5.74) is 0.726. The molecule has 1 unspecified atom stereocenters. The molecule has 0 bridgehead atoms. The second-order valence-corrected chi connectivity index (χ2v) is 7.11. The molecule has 0 aromatic carbocycles. The van der Waals surface area contributed by atoms with E-state index >= 15 is 0 Å². The SMILES string of the molecule is CCSc1nc2c3c(nc(CC)c(F)c3n1)OCC1CNCCN21. The lowest BCUT2D eigenvalue weighted by Crippen LogP contribution is -2.53. The fourth-order valence-electron chi connectivity index (χ4n) is 3.25. The van der Waals surface area contributed by atoms with Gasteiger partial charge < -0.3 is 15.0 Å². The zero-order chi connectivity index (χ0) is 16.7. The summed E-state index contributed by atoms with van der Waals surface area (Å²) in [6.45, 7) is 6.94. The van der Waals surface area contributed by atoms with Crippen LogP contribution in [0, 0.1) is 5.82 Å². The molecule has 0 radical (unpaired) electrons. The van der Waals surface area contributed by atoms with Gasteiger partial charge in [0.25, 0.3) is 0 Å². The van der Waals surface area contributed by atoms with E-state index in [4.69, 9.17) is 9.72 Å². The fraction of sp³-hybridized carbons (Fsp3) is 0.562. The molecule has 1 saturated heterocycles. The largest absolute Gasteiger partial charge is 0.475 e. The van der Waals surface area contributed by atoms with Crippen LogP contribution < -0.4 is 15.0 Å². The number of aromatic nitrogens is 3. The van der Waals surface area contributed by atoms with Crippen LogP contribution in [0.3, 0.4) is 0 Å². The molecule has 1 fully saturated rings. The zero-order valence-corrected chi connectivity index (χ0v) is 14.6. The van der Waals surface area contributed by atoms with E-state index in [0.717, 1.165) is 31.2 Å². The third kappa shape index (κ3) is 2.48. The Morgan fingerprint density at radius 2 is 2.21 bits per heavy atom. The third-order valence-corrected chi connectivity index (χ3v) is 5.15. The highest BCUT2D eigenvalue weighted by atomic mass is 32.2. The molecule has 24 heavy (non-hydrogen) atoms. The molecule has 0 spiro atoms. The average Bonchev–Trinajstić information content (AvgIpc) is 2.76. The Labute approximate surface area is 144 Å². The number of pyridine rings is 1. The molecule has 0 aliphatic carbocycles. The third-order valence-electron chi connectivity index (χ3n) is 4.42. The summed E-state index contributed by atoms with van der Waals surface area (Å²) in [6.07, 6.45) is 0.502. The van der Waals surface area contributed by atoms with Crippen LogP contribution in [0.4, 0.5) is 10.2 Å². The quantitative estimate of drug-likeness (QED) is 0.672. The number of nitrogens with zero attached hydrogens (tertiary/aromatic N) is 4. The van der Waals surface area contributed by atoms with E-state index in [2.05, 4.69) is 20.2 Å². The van der Waals surface area contributed by atoms with Gasteiger partial charge in [0.2, 0.25) is 5.88 Å². The first-order chi connectivity index (χ1) is 11.7. The van der Waals surface area contributed by atoms with Crippen molar-refractivity contribution in [3.63, 3.8) is 0 Å². The first-order valence-corrected chi connectivity index (χ1v) is 9.34. The van der Waals surface area contributed by atoms with Crippen LogP contribution in [0.15, 0.2) is 5.16 Å². The molecule has 2 aliphatic heterocycles. The Morgan fingerprint density at radius 3 is 3.00 bits per heavy atom. The van der Waals surface area contributed by atoms with Gasteiger partial charge in [-0.1, -0.05) is 25.6 Å². The number of fused-ring (bicyclic) bond motifs is 2. The van der Waals surface area contributed by atoms with Crippen LogP contribution in [0.1, 0.15) is 19.5 Å². The summed E-state index contributed by atoms with van der Waals surface area (Å²) in [7, 11) is 0. The molecule has 4 heterocycles. The highest BCUT2D eigenvalue weighted by Gasteiger charge is 2.32. The second-order valence-electron chi connectivity index (χ2n) is 5.88. The van der Waals surface area contributed by atoms with Crippen molar-refractivity contribution in [2.24, 2.45) is 0 Å². The summed E-state index contributed by atoms with van der Waals surface area (Å²) in [4.78, 5) is 15.8. The number of thioether (sulfide) groups is 1. The van der Waals surface area contributed by atoms with Gasteiger partial charge in [0.15, 0.2) is 11.0 Å². The minimum Gasteiger partial charge on any atom is -0.475 e. The minimum atomic E-state index is -0.352. The van der Waals surface area contributed by atoms with E-state index in [-0.39, 0.29) is 11.9 Å². The van der Waals surface area contributed by atoms with Crippen LogP contribution in [-0.4, -0.2) is 53.0 Å². The number of hydrogen-bond donors (Lipinski definition) is 1. The van der Waals surface area contributed by atoms with Gasteiger partial charge in [0, 0.05) is 19.6 Å². The van der Waals surface area contributed by atoms with Crippen molar-refractivity contribution in [3.05, 3.63) is 11.5 Å². The number of ether oxygens (including phenoxy) is 1. The van der Waals surface area contributed by atoms with Gasteiger partial charge in [0.1, 0.15) is 23.3 Å². The average molecular weight is 349 g/mol. The zero-order valence-electron chi connectivity index (χ0n) is 13.8. The van der Waals surface area contributed by atoms with Gasteiger partial charge >= 0.3 is 0 Å². The Balaban J connectivity index is 2.01. The first kappa shape index (κ1) is 15.8. The Bertz CT molecular complexity index is 787. The topological polar surface area (TPSA) is 63.2 Å².